The van der Waals surface area contributed by atoms with Gasteiger partial charge in [0.15, 0.2) is 17.3 Å². The Bertz CT molecular complexity index is 1020. The standard InChI is InChI=1S/C18H12F3N5O2/c19-18(20,21)15-10-16(24-17(23-15)13-6-2-1-3-7-13)25-22-11-12-5-4-8-14(9-12)26(27)28/h1-11H,(H,23,24,25)/b22-11-. The predicted octanol–water partition coefficient (Wildman–Crippen LogP) is 4.52. The zero-order chi connectivity index (χ0) is 20.1. The second-order valence-electron chi connectivity index (χ2n) is 5.55. The van der Waals surface area contributed by atoms with Crippen LogP contribution in [0.25, 0.3) is 11.4 Å². The zero-order valence-corrected chi connectivity index (χ0v) is 14.1. The third kappa shape index (κ3) is 4.67. The molecule has 1 heterocycles. The van der Waals surface area contributed by atoms with Crippen LogP contribution in [0.4, 0.5) is 24.7 Å². The molecule has 0 spiro atoms. The van der Waals surface area contributed by atoms with Gasteiger partial charge >= 0.3 is 6.18 Å². The highest BCUT2D eigenvalue weighted by atomic mass is 19.4. The number of hydrazone groups is 1. The number of non-ortho nitro benzene ring substituents is 1. The summed E-state index contributed by atoms with van der Waals surface area (Å²) in [6, 6.07) is 14.6. The summed E-state index contributed by atoms with van der Waals surface area (Å²) in [4.78, 5) is 17.8. The van der Waals surface area contributed by atoms with E-state index >= 15 is 0 Å². The van der Waals surface area contributed by atoms with Crippen molar-refractivity contribution in [1.29, 1.82) is 0 Å². The fourth-order valence-electron chi connectivity index (χ4n) is 2.26. The number of halogens is 3. The maximum Gasteiger partial charge on any atom is 0.433 e. The molecule has 0 fully saturated rings. The van der Waals surface area contributed by atoms with E-state index in [2.05, 4.69) is 20.5 Å². The van der Waals surface area contributed by atoms with E-state index in [1.165, 1.54) is 24.4 Å². The van der Waals surface area contributed by atoms with Crippen molar-refractivity contribution in [2.75, 3.05) is 5.43 Å². The summed E-state index contributed by atoms with van der Waals surface area (Å²) in [5.74, 6) is -0.272. The first kappa shape index (κ1) is 19.0. The molecule has 0 atom stereocenters. The third-order valence-electron chi connectivity index (χ3n) is 3.52. The van der Waals surface area contributed by atoms with Crippen LogP contribution in [0.3, 0.4) is 0 Å². The monoisotopic (exact) mass is 387 g/mol. The van der Waals surface area contributed by atoms with Crippen LogP contribution in [0.2, 0.25) is 0 Å². The molecule has 0 saturated carbocycles. The number of alkyl halides is 3. The Morgan fingerprint density at radius 1 is 1.04 bits per heavy atom. The van der Waals surface area contributed by atoms with E-state index < -0.39 is 16.8 Å². The zero-order valence-electron chi connectivity index (χ0n) is 14.1. The molecule has 28 heavy (non-hydrogen) atoms. The Balaban J connectivity index is 1.89. The third-order valence-corrected chi connectivity index (χ3v) is 3.52. The van der Waals surface area contributed by atoms with Gasteiger partial charge in [0.1, 0.15) is 0 Å². The van der Waals surface area contributed by atoms with Gasteiger partial charge in [0.2, 0.25) is 0 Å². The van der Waals surface area contributed by atoms with Crippen LogP contribution in [-0.4, -0.2) is 21.1 Å². The molecule has 142 valence electrons. The lowest BCUT2D eigenvalue weighted by Gasteiger charge is -2.10. The molecule has 0 aliphatic rings. The van der Waals surface area contributed by atoms with Crippen molar-refractivity contribution in [3.05, 3.63) is 82.0 Å². The minimum atomic E-state index is -4.66. The van der Waals surface area contributed by atoms with Crippen molar-refractivity contribution in [3.63, 3.8) is 0 Å². The number of hydrogen-bond donors (Lipinski definition) is 1. The van der Waals surface area contributed by atoms with Crippen LogP contribution < -0.4 is 5.43 Å². The van der Waals surface area contributed by atoms with E-state index in [1.54, 1.807) is 36.4 Å². The maximum absolute atomic E-state index is 13.2. The number of nitro groups is 1. The highest BCUT2D eigenvalue weighted by molar-refractivity contribution is 5.81. The Kier molecular flexibility index (Phi) is 5.30. The molecular weight excluding hydrogens is 375 g/mol. The molecule has 0 saturated heterocycles. The quantitative estimate of drug-likeness (QED) is 0.395. The van der Waals surface area contributed by atoms with E-state index in [-0.39, 0.29) is 17.3 Å². The molecule has 0 radical (unpaired) electrons. The molecule has 2 aromatic carbocycles. The van der Waals surface area contributed by atoms with Crippen molar-refractivity contribution in [2.45, 2.75) is 6.18 Å². The number of anilines is 1. The van der Waals surface area contributed by atoms with Crippen LogP contribution in [0, 0.1) is 10.1 Å². The van der Waals surface area contributed by atoms with Crippen LogP contribution in [0.5, 0.6) is 0 Å². The highest BCUT2D eigenvalue weighted by Crippen LogP contribution is 2.30. The lowest BCUT2D eigenvalue weighted by molar-refractivity contribution is -0.384. The molecule has 0 unspecified atom stereocenters. The summed E-state index contributed by atoms with van der Waals surface area (Å²) in [5.41, 5.74) is 1.98. The molecule has 1 N–H and O–H groups in total. The first-order valence-corrected chi connectivity index (χ1v) is 7.88. The SMILES string of the molecule is O=[N+]([O-])c1cccc(/C=N\Nc2cc(C(F)(F)F)nc(-c3ccccc3)n2)c1. The number of benzene rings is 2. The molecule has 7 nitrogen and oxygen atoms in total. The van der Waals surface area contributed by atoms with Gasteiger partial charge in [0, 0.05) is 29.3 Å². The minimum absolute atomic E-state index is 0.108. The van der Waals surface area contributed by atoms with Crippen LogP contribution in [0.1, 0.15) is 11.3 Å². The van der Waals surface area contributed by atoms with E-state index in [4.69, 9.17) is 0 Å². The minimum Gasteiger partial charge on any atom is -0.261 e. The lowest BCUT2D eigenvalue weighted by Crippen LogP contribution is -2.11. The lowest BCUT2D eigenvalue weighted by atomic mass is 10.2. The molecule has 0 aliphatic heterocycles. The highest BCUT2D eigenvalue weighted by Gasteiger charge is 2.33. The number of nitrogens with one attached hydrogen (secondary N) is 1. The van der Waals surface area contributed by atoms with Gasteiger partial charge in [0.25, 0.3) is 5.69 Å². The smallest absolute Gasteiger partial charge is 0.261 e. The van der Waals surface area contributed by atoms with Crippen LogP contribution >= 0.6 is 0 Å². The van der Waals surface area contributed by atoms with Gasteiger partial charge in [-0.2, -0.15) is 18.3 Å². The van der Waals surface area contributed by atoms with Gasteiger partial charge in [-0.1, -0.05) is 42.5 Å². The average molecular weight is 387 g/mol. The summed E-state index contributed by atoms with van der Waals surface area (Å²) in [6.07, 6.45) is -3.42. The normalized spacial score (nSPS) is 11.5. The van der Waals surface area contributed by atoms with Gasteiger partial charge in [-0.15, -0.1) is 0 Å². The predicted molar refractivity (Wildman–Crippen MR) is 96.8 cm³/mol. The van der Waals surface area contributed by atoms with Crippen molar-refractivity contribution < 1.29 is 18.1 Å². The van der Waals surface area contributed by atoms with Crippen molar-refractivity contribution in [3.8, 4) is 11.4 Å². The van der Waals surface area contributed by atoms with E-state index in [0.717, 1.165) is 6.07 Å². The summed E-state index contributed by atoms with van der Waals surface area (Å²) >= 11 is 0. The van der Waals surface area contributed by atoms with Crippen molar-refractivity contribution in [2.24, 2.45) is 5.10 Å². The number of nitrogens with zero attached hydrogens (tertiary/aromatic N) is 4. The fraction of sp³-hybridized carbons (Fsp3) is 0.0556. The maximum atomic E-state index is 13.2. The Labute approximate surface area is 156 Å². The molecule has 1 aromatic heterocycles. The number of nitro benzene ring substituents is 1. The van der Waals surface area contributed by atoms with Gasteiger partial charge in [-0.05, 0) is 0 Å². The van der Waals surface area contributed by atoms with E-state index in [0.29, 0.717) is 11.1 Å². The molecular formula is C18H12F3N5O2. The summed E-state index contributed by atoms with van der Waals surface area (Å²) in [6.45, 7) is 0. The topological polar surface area (TPSA) is 93.3 Å². The fourth-order valence-corrected chi connectivity index (χ4v) is 2.26. The Morgan fingerprint density at radius 2 is 1.79 bits per heavy atom. The number of aromatic nitrogens is 2. The molecule has 3 aromatic rings. The average Bonchev–Trinajstić information content (AvgIpc) is 2.68. The van der Waals surface area contributed by atoms with Gasteiger partial charge in [0.05, 0.1) is 11.1 Å². The molecule has 0 amide bonds. The number of hydrogen-bond acceptors (Lipinski definition) is 6. The van der Waals surface area contributed by atoms with Gasteiger partial charge in [-0.25, -0.2) is 9.97 Å². The first-order chi connectivity index (χ1) is 13.3. The van der Waals surface area contributed by atoms with Gasteiger partial charge < -0.3 is 0 Å². The second kappa shape index (κ2) is 7.82. The molecule has 0 bridgehead atoms. The largest absolute Gasteiger partial charge is 0.433 e. The van der Waals surface area contributed by atoms with E-state index in [9.17, 15) is 23.3 Å². The van der Waals surface area contributed by atoms with Crippen LogP contribution in [0.15, 0.2) is 65.8 Å². The number of rotatable bonds is 5. The summed E-state index contributed by atoms with van der Waals surface area (Å²) in [5, 5.41) is 14.6. The van der Waals surface area contributed by atoms with Gasteiger partial charge in [-0.3, -0.25) is 15.5 Å². The summed E-state index contributed by atoms with van der Waals surface area (Å²) < 4.78 is 39.5. The van der Waals surface area contributed by atoms with Crippen molar-refractivity contribution in [1.82, 2.24) is 9.97 Å². The van der Waals surface area contributed by atoms with Crippen molar-refractivity contribution >= 4 is 17.7 Å². The molecule has 10 heteroatoms. The molecule has 3 rings (SSSR count). The second-order valence-corrected chi connectivity index (χ2v) is 5.55. The Hall–Kier alpha value is -3.82. The molecule has 0 aliphatic carbocycles. The summed E-state index contributed by atoms with van der Waals surface area (Å²) in [7, 11) is 0. The van der Waals surface area contributed by atoms with Crippen LogP contribution in [-0.2, 0) is 6.18 Å². The first-order valence-electron chi connectivity index (χ1n) is 7.88. The van der Waals surface area contributed by atoms with E-state index in [1.807, 2.05) is 0 Å². The Morgan fingerprint density at radius 3 is 2.46 bits per heavy atom.